The second-order valence-electron chi connectivity index (χ2n) is 1.81. The van der Waals surface area contributed by atoms with Gasteiger partial charge in [0.1, 0.15) is 0 Å². The molecule has 1 aromatic rings. The number of hydrogen-bond donors (Lipinski definition) is 0. The van der Waals surface area contributed by atoms with Crippen molar-refractivity contribution in [1.82, 2.24) is 0 Å². The standard InChI is InChI=1S/C8H4N2O/c9-5-1-3-8-4-2-6-10(11)7-8/h2,4,6-7H. The zero-order chi connectivity index (χ0) is 8.10. The smallest absolute Gasteiger partial charge is 0.196 e. The first-order valence-electron chi connectivity index (χ1n) is 2.92. The lowest BCUT2D eigenvalue weighted by atomic mass is 10.3. The normalized spacial score (nSPS) is 7.55. The van der Waals surface area contributed by atoms with Crippen molar-refractivity contribution in [2.45, 2.75) is 0 Å². The van der Waals surface area contributed by atoms with Crippen molar-refractivity contribution < 1.29 is 4.73 Å². The van der Waals surface area contributed by atoms with Gasteiger partial charge in [0.15, 0.2) is 18.5 Å². The van der Waals surface area contributed by atoms with Gasteiger partial charge in [0.05, 0.1) is 5.56 Å². The summed E-state index contributed by atoms with van der Waals surface area (Å²) in [5, 5.41) is 18.7. The lowest BCUT2D eigenvalue weighted by molar-refractivity contribution is -0.605. The topological polar surface area (TPSA) is 50.7 Å². The van der Waals surface area contributed by atoms with Crippen molar-refractivity contribution in [1.29, 1.82) is 5.26 Å². The van der Waals surface area contributed by atoms with Gasteiger partial charge in [-0.2, -0.15) is 9.99 Å². The average molecular weight is 144 g/mol. The van der Waals surface area contributed by atoms with E-state index < -0.39 is 0 Å². The van der Waals surface area contributed by atoms with Gasteiger partial charge in [-0.25, -0.2) is 0 Å². The molecule has 0 fully saturated rings. The Balaban J connectivity index is 2.99. The molecule has 0 N–H and O–H groups in total. The Morgan fingerprint density at radius 1 is 1.55 bits per heavy atom. The summed E-state index contributed by atoms with van der Waals surface area (Å²) in [5.41, 5.74) is 0.545. The monoisotopic (exact) mass is 144 g/mol. The van der Waals surface area contributed by atoms with E-state index in [-0.39, 0.29) is 0 Å². The van der Waals surface area contributed by atoms with Crippen LogP contribution in [-0.4, -0.2) is 0 Å². The van der Waals surface area contributed by atoms with E-state index in [9.17, 15) is 5.21 Å². The summed E-state index contributed by atoms with van der Waals surface area (Å²) in [4.78, 5) is 0. The first kappa shape index (κ1) is 7.11. The highest BCUT2D eigenvalue weighted by Crippen LogP contribution is 1.89. The summed E-state index contributed by atoms with van der Waals surface area (Å²) in [7, 11) is 0. The third-order valence-electron chi connectivity index (χ3n) is 1.04. The lowest BCUT2D eigenvalue weighted by Crippen LogP contribution is -2.24. The van der Waals surface area contributed by atoms with E-state index >= 15 is 0 Å². The Morgan fingerprint density at radius 3 is 3.00 bits per heavy atom. The highest BCUT2D eigenvalue weighted by molar-refractivity contribution is 5.34. The molecule has 0 amide bonds. The molecule has 0 saturated carbocycles. The minimum atomic E-state index is 0.545. The molecule has 11 heavy (non-hydrogen) atoms. The summed E-state index contributed by atoms with van der Waals surface area (Å²) in [6.07, 6.45) is 2.67. The first-order chi connectivity index (χ1) is 5.33. The molecule has 0 atom stereocenters. The van der Waals surface area contributed by atoms with Crippen molar-refractivity contribution >= 4 is 0 Å². The molecule has 0 unspecified atom stereocenters. The van der Waals surface area contributed by atoms with Crippen molar-refractivity contribution in [3.63, 3.8) is 0 Å². The fourth-order valence-electron chi connectivity index (χ4n) is 0.629. The van der Waals surface area contributed by atoms with Crippen LogP contribution in [0.15, 0.2) is 24.5 Å². The summed E-state index contributed by atoms with van der Waals surface area (Å²) in [6.45, 7) is 0. The van der Waals surface area contributed by atoms with Crippen LogP contribution in [0.3, 0.4) is 0 Å². The Morgan fingerprint density at radius 2 is 2.36 bits per heavy atom. The van der Waals surface area contributed by atoms with Crippen LogP contribution in [0, 0.1) is 28.4 Å². The number of pyridine rings is 1. The zero-order valence-corrected chi connectivity index (χ0v) is 5.61. The van der Waals surface area contributed by atoms with Crippen molar-refractivity contribution in [3.05, 3.63) is 35.3 Å². The molecule has 0 spiro atoms. The number of nitriles is 1. The first-order valence-corrected chi connectivity index (χ1v) is 2.92. The van der Waals surface area contributed by atoms with Gasteiger partial charge in [-0.05, 0) is 12.0 Å². The van der Waals surface area contributed by atoms with Crippen LogP contribution in [0.25, 0.3) is 0 Å². The second-order valence-corrected chi connectivity index (χ2v) is 1.81. The molecule has 1 heterocycles. The Hall–Kier alpha value is -2.00. The molecule has 0 saturated heterocycles. The largest absolute Gasteiger partial charge is 0.619 e. The van der Waals surface area contributed by atoms with Gasteiger partial charge in [-0.3, -0.25) is 0 Å². The summed E-state index contributed by atoms with van der Waals surface area (Å²) >= 11 is 0. The molecule has 0 aliphatic rings. The van der Waals surface area contributed by atoms with Crippen molar-refractivity contribution in [3.8, 4) is 17.9 Å². The fraction of sp³-hybridized carbons (Fsp3) is 0. The maximum atomic E-state index is 10.6. The van der Waals surface area contributed by atoms with Gasteiger partial charge < -0.3 is 5.21 Å². The van der Waals surface area contributed by atoms with E-state index in [1.807, 2.05) is 0 Å². The minimum Gasteiger partial charge on any atom is -0.619 e. The zero-order valence-electron chi connectivity index (χ0n) is 5.61. The number of aromatic nitrogens is 1. The van der Waals surface area contributed by atoms with E-state index in [1.165, 1.54) is 12.4 Å². The van der Waals surface area contributed by atoms with Crippen LogP contribution >= 0.6 is 0 Å². The Bertz CT molecular complexity index is 354. The molecular formula is C8H4N2O. The molecular weight excluding hydrogens is 140 g/mol. The summed E-state index contributed by atoms with van der Waals surface area (Å²) < 4.78 is 0.640. The molecule has 1 rings (SSSR count). The van der Waals surface area contributed by atoms with E-state index in [4.69, 9.17) is 5.26 Å². The molecule has 1 aromatic heterocycles. The van der Waals surface area contributed by atoms with Gasteiger partial charge in [-0.1, -0.05) is 0 Å². The van der Waals surface area contributed by atoms with Gasteiger partial charge in [0, 0.05) is 12.0 Å². The van der Waals surface area contributed by atoms with E-state index in [1.54, 1.807) is 18.2 Å². The third-order valence-corrected chi connectivity index (χ3v) is 1.04. The number of rotatable bonds is 0. The van der Waals surface area contributed by atoms with Gasteiger partial charge in [0.25, 0.3) is 0 Å². The van der Waals surface area contributed by atoms with Crippen LogP contribution in [0.2, 0.25) is 0 Å². The van der Waals surface area contributed by atoms with Crippen LogP contribution in [0.4, 0.5) is 0 Å². The highest BCUT2D eigenvalue weighted by atomic mass is 16.5. The van der Waals surface area contributed by atoms with E-state index in [0.717, 1.165) is 0 Å². The predicted octanol–water partition coefficient (Wildman–Crippen LogP) is 0.195. The molecule has 0 bridgehead atoms. The van der Waals surface area contributed by atoms with Crippen LogP contribution in [-0.2, 0) is 0 Å². The van der Waals surface area contributed by atoms with E-state index in [2.05, 4.69) is 11.8 Å². The summed E-state index contributed by atoms with van der Waals surface area (Å²) in [6, 6.07) is 4.91. The minimum absolute atomic E-state index is 0.545. The molecule has 3 nitrogen and oxygen atoms in total. The van der Waals surface area contributed by atoms with E-state index in [0.29, 0.717) is 10.3 Å². The number of nitrogens with zero attached hydrogens (tertiary/aromatic N) is 2. The molecule has 0 radical (unpaired) electrons. The van der Waals surface area contributed by atoms with Crippen LogP contribution in [0.1, 0.15) is 5.56 Å². The Kier molecular flexibility index (Phi) is 2.09. The van der Waals surface area contributed by atoms with Crippen LogP contribution in [0.5, 0.6) is 0 Å². The summed E-state index contributed by atoms with van der Waals surface area (Å²) in [5.74, 6) is 4.70. The quantitative estimate of drug-likeness (QED) is 0.296. The predicted molar refractivity (Wildman–Crippen MR) is 37.9 cm³/mol. The molecule has 52 valence electrons. The van der Waals surface area contributed by atoms with Crippen molar-refractivity contribution in [2.24, 2.45) is 0 Å². The SMILES string of the molecule is N#CC#Cc1ccc[n+]([O-])c1. The molecule has 0 aliphatic heterocycles. The average Bonchev–Trinajstić information content (AvgIpc) is 2.01. The molecule has 0 aromatic carbocycles. The second kappa shape index (κ2) is 3.24. The van der Waals surface area contributed by atoms with Gasteiger partial charge in [0.2, 0.25) is 0 Å². The molecule has 0 aliphatic carbocycles. The maximum Gasteiger partial charge on any atom is 0.196 e. The lowest BCUT2D eigenvalue weighted by Gasteiger charge is -1.92. The van der Waals surface area contributed by atoms with Crippen LogP contribution < -0.4 is 4.73 Å². The van der Waals surface area contributed by atoms with Crippen molar-refractivity contribution in [2.75, 3.05) is 0 Å². The maximum absolute atomic E-state index is 10.6. The molecule has 3 heteroatoms. The third kappa shape index (κ3) is 2.00. The van der Waals surface area contributed by atoms with Gasteiger partial charge >= 0.3 is 0 Å². The number of hydrogen-bond acceptors (Lipinski definition) is 2. The Labute approximate surface area is 64.1 Å². The fourth-order valence-corrected chi connectivity index (χ4v) is 0.629. The highest BCUT2D eigenvalue weighted by Gasteiger charge is 1.89. The van der Waals surface area contributed by atoms with Gasteiger partial charge in [-0.15, -0.1) is 0 Å².